The van der Waals surface area contributed by atoms with E-state index in [1.165, 1.54) is 0 Å². The summed E-state index contributed by atoms with van der Waals surface area (Å²) in [6.07, 6.45) is 3.63. The molecule has 0 fully saturated rings. The second-order valence-corrected chi connectivity index (χ2v) is 3.67. The van der Waals surface area contributed by atoms with Gasteiger partial charge in [0.1, 0.15) is 11.6 Å². The van der Waals surface area contributed by atoms with Crippen LogP contribution in [0.25, 0.3) is 0 Å². The molecule has 0 radical (unpaired) electrons. The molecule has 2 rings (SSSR count). The smallest absolute Gasteiger partial charge is 0.123 e. The number of imidazole rings is 1. The minimum atomic E-state index is 0.479. The highest BCUT2D eigenvalue weighted by molar-refractivity contribution is 6.31. The summed E-state index contributed by atoms with van der Waals surface area (Å²) >= 11 is 6.01. The van der Waals surface area contributed by atoms with Crippen molar-refractivity contribution in [2.75, 3.05) is 5.73 Å². The molecule has 0 aromatic carbocycles. The average molecular weight is 223 g/mol. The maximum atomic E-state index is 6.01. The molecule has 0 atom stereocenters. The van der Waals surface area contributed by atoms with Gasteiger partial charge in [0.2, 0.25) is 0 Å². The van der Waals surface area contributed by atoms with Crippen LogP contribution in [0.2, 0.25) is 5.02 Å². The Bertz CT molecular complexity index is 478. The van der Waals surface area contributed by atoms with Gasteiger partial charge in [-0.2, -0.15) is 0 Å². The summed E-state index contributed by atoms with van der Waals surface area (Å²) in [5.74, 6) is 1.41. The van der Waals surface area contributed by atoms with Gasteiger partial charge in [-0.1, -0.05) is 11.6 Å². The third kappa shape index (κ3) is 2.10. The molecular weight excluding hydrogens is 212 g/mol. The van der Waals surface area contributed by atoms with E-state index < -0.39 is 0 Å². The highest BCUT2D eigenvalue weighted by Crippen LogP contribution is 2.16. The van der Waals surface area contributed by atoms with Gasteiger partial charge in [0.05, 0.1) is 17.3 Å². The second-order valence-electron chi connectivity index (χ2n) is 3.27. The maximum absolute atomic E-state index is 6.01. The standard InChI is InChI=1S/C10H11ClN4/c1-7-13-4-5-15(7)6-9-8(11)2-3-10(12)14-9/h2-5H,6H2,1H3,(H2,12,14). The van der Waals surface area contributed by atoms with Gasteiger partial charge in [0, 0.05) is 12.4 Å². The lowest BCUT2D eigenvalue weighted by atomic mass is 10.3. The van der Waals surface area contributed by atoms with Crippen LogP contribution in [-0.2, 0) is 6.54 Å². The molecule has 0 spiro atoms. The van der Waals surface area contributed by atoms with Crippen molar-refractivity contribution < 1.29 is 0 Å². The van der Waals surface area contributed by atoms with Crippen LogP contribution in [0, 0.1) is 6.92 Å². The first kappa shape index (κ1) is 9.98. The number of nitrogens with zero attached hydrogens (tertiary/aromatic N) is 3. The summed E-state index contributed by atoms with van der Waals surface area (Å²) in [5, 5.41) is 0.623. The Morgan fingerprint density at radius 1 is 1.47 bits per heavy atom. The van der Waals surface area contributed by atoms with Crippen molar-refractivity contribution in [2.24, 2.45) is 0 Å². The van der Waals surface area contributed by atoms with Crippen molar-refractivity contribution in [2.45, 2.75) is 13.5 Å². The molecule has 0 amide bonds. The minimum Gasteiger partial charge on any atom is -0.384 e. The Balaban J connectivity index is 2.32. The highest BCUT2D eigenvalue weighted by Gasteiger charge is 2.05. The van der Waals surface area contributed by atoms with Crippen molar-refractivity contribution in [3.8, 4) is 0 Å². The first-order chi connectivity index (χ1) is 7.16. The molecule has 4 nitrogen and oxygen atoms in total. The van der Waals surface area contributed by atoms with Crippen LogP contribution in [0.4, 0.5) is 5.82 Å². The van der Waals surface area contributed by atoms with Gasteiger partial charge in [-0.3, -0.25) is 0 Å². The fraction of sp³-hybridized carbons (Fsp3) is 0.200. The zero-order valence-electron chi connectivity index (χ0n) is 8.31. The van der Waals surface area contributed by atoms with Crippen molar-refractivity contribution in [3.05, 3.63) is 41.1 Å². The van der Waals surface area contributed by atoms with Crippen LogP contribution in [-0.4, -0.2) is 14.5 Å². The third-order valence-corrected chi connectivity index (χ3v) is 2.53. The van der Waals surface area contributed by atoms with E-state index in [0.29, 0.717) is 17.4 Å². The average Bonchev–Trinajstić information content (AvgIpc) is 2.58. The number of aromatic nitrogens is 3. The van der Waals surface area contributed by atoms with Crippen LogP contribution in [0.5, 0.6) is 0 Å². The molecule has 15 heavy (non-hydrogen) atoms. The van der Waals surface area contributed by atoms with Gasteiger partial charge in [0.25, 0.3) is 0 Å². The Morgan fingerprint density at radius 2 is 2.27 bits per heavy atom. The van der Waals surface area contributed by atoms with Crippen molar-refractivity contribution in [3.63, 3.8) is 0 Å². The fourth-order valence-corrected chi connectivity index (χ4v) is 1.51. The van der Waals surface area contributed by atoms with E-state index in [1.54, 1.807) is 18.3 Å². The molecule has 0 saturated heterocycles. The van der Waals surface area contributed by atoms with E-state index in [0.717, 1.165) is 11.5 Å². The van der Waals surface area contributed by atoms with Crippen LogP contribution >= 0.6 is 11.6 Å². The number of hydrogen-bond acceptors (Lipinski definition) is 3. The lowest BCUT2D eigenvalue weighted by Crippen LogP contribution is -2.05. The predicted molar refractivity (Wildman–Crippen MR) is 59.7 cm³/mol. The Morgan fingerprint density at radius 3 is 2.93 bits per heavy atom. The number of nitrogens with two attached hydrogens (primary N) is 1. The van der Waals surface area contributed by atoms with Gasteiger partial charge in [0.15, 0.2) is 0 Å². The van der Waals surface area contributed by atoms with Gasteiger partial charge in [-0.25, -0.2) is 9.97 Å². The molecule has 2 heterocycles. The van der Waals surface area contributed by atoms with Gasteiger partial charge in [-0.05, 0) is 19.1 Å². The summed E-state index contributed by atoms with van der Waals surface area (Å²) in [6.45, 7) is 2.52. The first-order valence-corrected chi connectivity index (χ1v) is 4.93. The summed E-state index contributed by atoms with van der Waals surface area (Å²) in [4.78, 5) is 8.31. The van der Waals surface area contributed by atoms with Crippen molar-refractivity contribution in [1.29, 1.82) is 0 Å². The Kier molecular flexibility index (Phi) is 2.60. The van der Waals surface area contributed by atoms with Gasteiger partial charge < -0.3 is 10.3 Å². The molecule has 5 heteroatoms. The second kappa shape index (κ2) is 3.90. The summed E-state index contributed by atoms with van der Waals surface area (Å²) < 4.78 is 1.97. The summed E-state index contributed by atoms with van der Waals surface area (Å²) in [6, 6.07) is 3.44. The largest absolute Gasteiger partial charge is 0.384 e. The molecular formula is C10H11ClN4. The van der Waals surface area contributed by atoms with Gasteiger partial charge in [-0.15, -0.1) is 0 Å². The van der Waals surface area contributed by atoms with E-state index in [2.05, 4.69) is 9.97 Å². The number of nitrogen functional groups attached to an aromatic ring is 1. The van der Waals surface area contributed by atoms with Crippen LogP contribution in [0.3, 0.4) is 0 Å². The predicted octanol–water partition coefficient (Wildman–Crippen LogP) is 1.87. The SMILES string of the molecule is Cc1nccn1Cc1nc(N)ccc1Cl. The number of halogens is 1. The van der Waals surface area contributed by atoms with Crippen LogP contribution in [0.15, 0.2) is 24.5 Å². The molecule has 2 aromatic rings. The van der Waals surface area contributed by atoms with E-state index in [4.69, 9.17) is 17.3 Å². The molecule has 2 N–H and O–H groups in total. The first-order valence-electron chi connectivity index (χ1n) is 4.55. The highest BCUT2D eigenvalue weighted by atomic mass is 35.5. The lowest BCUT2D eigenvalue weighted by Gasteiger charge is -2.06. The quantitative estimate of drug-likeness (QED) is 0.844. The molecule has 0 aliphatic rings. The normalized spacial score (nSPS) is 10.5. The number of anilines is 1. The number of aryl methyl sites for hydroxylation is 1. The minimum absolute atomic E-state index is 0.479. The third-order valence-electron chi connectivity index (χ3n) is 2.18. The zero-order valence-corrected chi connectivity index (χ0v) is 9.07. The molecule has 2 aromatic heterocycles. The fourth-order valence-electron chi connectivity index (χ4n) is 1.34. The van der Waals surface area contributed by atoms with Crippen LogP contribution < -0.4 is 5.73 Å². The number of pyridine rings is 1. The summed E-state index contributed by atoms with van der Waals surface area (Å²) in [5.41, 5.74) is 6.36. The molecule has 0 aliphatic heterocycles. The number of hydrogen-bond donors (Lipinski definition) is 1. The zero-order chi connectivity index (χ0) is 10.8. The molecule has 78 valence electrons. The molecule has 0 aliphatic carbocycles. The maximum Gasteiger partial charge on any atom is 0.123 e. The van der Waals surface area contributed by atoms with Gasteiger partial charge >= 0.3 is 0 Å². The topological polar surface area (TPSA) is 56.7 Å². The summed E-state index contributed by atoms with van der Waals surface area (Å²) in [7, 11) is 0. The van der Waals surface area contributed by atoms with Crippen molar-refractivity contribution in [1.82, 2.24) is 14.5 Å². The monoisotopic (exact) mass is 222 g/mol. The molecule has 0 unspecified atom stereocenters. The van der Waals surface area contributed by atoms with Crippen molar-refractivity contribution >= 4 is 17.4 Å². The Labute approximate surface area is 92.7 Å². The lowest BCUT2D eigenvalue weighted by molar-refractivity contribution is 0.743. The number of rotatable bonds is 2. The van der Waals surface area contributed by atoms with Crippen LogP contribution in [0.1, 0.15) is 11.5 Å². The van der Waals surface area contributed by atoms with E-state index in [-0.39, 0.29) is 0 Å². The van der Waals surface area contributed by atoms with E-state index in [1.807, 2.05) is 17.7 Å². The Hall–Kier alpha value is -1.55. The van der Waals surface area contributed by atoms with E-state index in [9.17, 15) is 0 Å². The van der Waals surface area contributed by atoms with E-state index >= 15 is 0 Å². The molecule has 0 bridgehead atoms. The molecule has 0 saturated carbocycles.